The maximum absolute atomic E-state index is 5.77. The van der Waals surface area contributed by atoms with E-state index in [2.05, 4.69) is 16.8 Å². The number of hydrogen-bond acceptors (Lipinski definition) is 4. The van der Waals surface area contributed by atoms with Gasteiger partial charge in [0.15, 0.2) is 5.96 Å². The molecule has 2 unspecified atom stereocenters. The van der Waals surface area contributed by atoms with Crippen molar-refractivity contribution in [3.8, 4) is 0 Å². The largest absolute Gasteiger partial charge is 0.376 e. The number of ether oxygens (including phenoxy) is 1. The van der Waals surface area contributed by atoms with Crippen molar-refractivity contribution in [2.45, 2.75) is 31.9 Å². The van der Waals surface area contributed by atoms with Crippen molar-refractivity contribution in [1.82, 2.24) is 4.90 Å². The number of aliphatic imine (C=N–C) groups is 1. The normalized spacial score (nSPS) is 33.9. The van der Waals surface area contributed by atoms with Crippen LogP contribution in [0.15, 0.2) is 4.99 Å². The molecular formula is C9H17N3O. The van der Waals surface area contributed by atoms with E-state index in [1.807, 2.05) is 0 Å². The van der Waals surface area contributed by atoms with Gasteiger partial charge in [0.25, 0.3) is 0 Å². The van der Waals surface area contributed by atoms with Gasteiger partial charge in [-0.15, -0.1) is 0 Å². The van der Waals surface area contributed by atoms with Gasteiger partial charge in [-0.2, -0.15) is 0 Å². The summed E-state index contributed by atoms with van der Waals surface area (Å²) in [7, 11) is 0. The smallest absolute Gasteiger partial charge is 0.191 e. The summed E-state index contributed by atoms with van der Waals surface area (Å²) in [5, 5.41) is 0. The third-order valence-electron chi connectivity index (χ3n) is 2.77. The summed E-state index contributed by atoms with van der Waals surface area (Å²) in [6.07, 6.45) is 2.72. The second kappa shape index (κ2) is 3.54. The van der Waals surface area contributed by atoms with E-state index in [0.717, 1.165) is 26.1 Å². The monoisotopic (exact) mass is 183 g/mol. The van der Waals surface area contributed by atoms with Gasteiger partial charge in [-0.3, -0.25) is 4.99 Å². The predicted molar refractivity (Wildman–Crippen MR) is 51.6 cm³/mol. The lowest BCUT2D eigenvalue weighted by atomic mass is 10.2. The number of nitrogens with zero attached hydrogens (tertiary/aromatic N) is 2. The topological polar surface area (TPSA) is 50.8 Å². The van der Waals surface area contributed by atoms with Crippen LogP contribution in [0.3, 0.4) is 0 Å². The minimum Gasteiger partial charge on any atom is -0.376 e. The molecule has 0 spiro atoms. The fourth-order valence-electron chi connectivity index (χ4n) is 1.92. The number of nitrogens with two attached hydrogens (primary N) is 1. The van der Waals surface area contributed by atoms with Gasteiger partial charge in [-0.1, -0.05) is 0 Å². The van der Waals surface area contributed by atoms with E-state index in [9.17, 15) is 0 Å². The highest BCUT2D eigenvalue weighted by Gasteiger charge is 2.26. The van der Waals surface area contributed by atoms with Crippen LogP contribution >= 0.6 is 0 Å². The molecule has 0 radical (unpaired) electrons. The molecule has 2 rings (SSSR count). The second-order valence-corrected chi connectivity index (χ2v) is 3.84. The Bertz CT molecular complexity index is 211. The molecule has 0 saturated carbocycles. The van der Waals surface area contributed by atoms with Crippen LogP contribution in [0.2, 0.25) is 0 Å². The molecule has 1 fully saturated rings. The molecule has 4 heteroatoms. The van der Waals surface area contributed by atoms with Crippen molar-refractivity contribution in [3.63, 3.8) is 0 Å². The minimum absolute atomic E-state index is 0.370. The van der Waals surface area contributed by atoms with E-state index in [0.29, 0.717) is 18.1 Å². The van der Waals surface area contributed by atoms with Gasteiger partial charge in [-0.05, 0) is 19.8 Å². The van der Waals surface area contributed by atoms with E-state index >= 15 is 0 Å². The minimum atomic E-state index is 0.370. The van der Waals surface area contributed by atoms with Crippen molar-refractivity contribution < 1.29 is 4.74 Å². The van der Waals surface area contributed by atoms with E-state index < -0.39 is 0 Å². The molecule has 0 aliphatic carbocycles. The zero-order valence-electron chi connectivity index (χ0n) is 8.07. The van der Waals surface area contributed by atoms with Gasteiger partial charge >= 0.3 is 0 Å². The van der Waals surface area contributed by atoms with E-state index in [-0.39, 0.29) is 0 Å². The third kappa shape index (κ3) is 1.77. The summed E-state index contributed by atoms with van der Waals surface area (Å²) in [6, 6.07) is 0.448. The van der Waals surface area contributed by atoms with E-state index in [4.69, 9.17) is 10.5 Å². The fraction of sp³-hybridized carbons (Fsp3) is 0.889. The SMILES string of the molecule is CC1CN=C(N)N1CC1CCCO1. The van der Waals surface area contributed by atoms with Crippen molar-refractivity contribution in [2.24, 2.45) is 10.7 Å². The summed E-state index contributed by atoms with van der Waals surface area (Å²) < 4.78 is 5.56. The Hall–Kier alpha value is -0.770. The van der Waals surface area contributed by atoms with Gasteiger partial charge in [0, 0.05) is 19.2 Å². The molecule has 74 valence electrons. The third-order valence-corrected chi connectivity index (χ3v) is 2.77. The van der Waals surface area contributed by atoms with Crippen LogP contribution < -0.4 is 5.73 Å². The Morgan fingerprint density at radius 1 is 1.69 bits per heavy atom. The molecule has 2 N–H and O–H groups in total. The first-order valence-electron chi connectivity index (χ1n) is 4.95. The Balaban J connectivity index is 1.89. The summed E-state index contributed by atoms with van der Waals surface area (Å²) in [5.74, 6) is 0.683. The van der Waals surface area contributed by atoms with Crippen LogP contribution in [0.4, 0.5) is 0 Å². The predicted octanol–water partition coefficient (Wildman–Crippen LogP) is 0.184. The highest BCUT2D eigenvalue weighted by atomic mass is 16.5. The first-order valence-corrected chi connectivity index (χ1v) is 4.95. The lowest BCUT2D eigenvalue weighted by Crippen LogP contribution is -2.43. The molecule has 2 aliphatic heterocycles. The number of hydrogen-bond donors (Lipinski definition) is 1. The standard InChI is InChI=1S/C9H17N3O/c1-7-5-11-9(10)12(7)6-8-3-2-4-13-8/h7-8H,2-6H2,1H3,(H2,10,11). The van der Waals surface area contributed by atoms with Crippen molar-refractivity contribution >= 4 is 5.96 Å². The Kier molecular flexibility index (Phi) is 2.40. The Labute approximate surface area is 78.8 Å². The maximum Gasteiger partial charge on any atom is 0.191 e. The molecule has 2 atom stereocenters. The van der Waals surface area contributed by atoms with Crippen LogP contribution in [-0.4, -0.2) is 42.7 Å². The van der Waals surface area contributed by atoms with Crippen molar-refractivity contribution in [3.05, 3.63) is 0 Å². The molecule has 0 bridgehead atoms. The highest BCUT2D eigenvalue weighted by Crippen LogP contribution is 2.16. The molecular weight excluding hydrogens is 166 g/mol. The summed E-state index contributed by atoms with van der Waals surface area (Å²) in [6.45, 7) is 4.80. The summed E-state index contributed by atoms with van der Waals surface area (Å²) >= 11 is 0. The van der Waals surface area contributed by atoms with Crippen LogP contribution in [0, 0.1) is 0 Å². The molecule has 0 amide bonds. The fourth-order valence-corrected chi connectivity index (χ4v) is 1.92. The van der Waals surface area contributed by atoms with Crippen LogP contribution in [0.25, 0.3) is 0 Å². The second-order valence-electron chi connectivity index (χ2n) is 3.84. The van der Waals surface area contributed by atoms with Crippen molar-refractivity contribution in [2.75, 3.05) is 19.7 Å². The molecule has 13 heavy (non-hydrogen) atoms. The van der Waals surface area contributed by atoms with Crippen LogP contribution in [-0.2, 0) is 4.74 Å². The molecule has 2 heterocycles. The van der Waals surface area contributed by atoms with Crippen molar-refractivity contribution in [1.29, 1.82) is 0 Å². The molecule has 4 nitrogen and oxygen atoms in total. The molecule has 1 saturated heterocycles. The number of guanidine groups is 1. The summed E-state index contributed by atoms with van der Waals surface area (Å²) in [4.78, 5) is 6.35. The van der Waals surface area contributed by atoms with Crippen LogP contribution in [0.5, 0.6) is 0 Å². The lowest BCUT2D eigenvalue weighted by Gasteiger charge is -2.25. The average Bonchev–Trinajstić information content (AvgIpc) is 2.70. The highest BCUT2D eigenvalue weighted by molar-refractivity contribution is 5.80. The number of rotatable bonds is 2. The van der Waals surface area contributed by atoms with Gasteiger partial charge in [-0.25, -0.2) is 0 Å². The van der Waals surface area contributed by atoms with Gasteiger partial charge in [0.2, 0.25) is 0 Å². The summed E-state index contributed by atoms with van der Waals surface area (Å²) in [5.41, 5.74) is 5.77. The molecule has 0 aromatic rings. The van der Waals surface area contributed by atoms with E-state index in [1.54, 1.807) is 0 Å². The molecule has 0 aromatic carbocycles. The van der Waals surface area contributed by atoms with Crippen LogP contribution in [0.1, 0.15) is 19.8 Å². The Morgan fingerprint density at radius 3 is 3.08 bits per heavy atom. The maximum atomic E-state index is 5.77. The quantitative estimate of drug-likeness (QED) is 0.664. The van der Waals surface area contributed by atoms with Gasteiger partial charge < -0.3 is 15.4 Å². The Morgan fingerprint density at radius 2 is 2.54 bits per heavy atom. The molecule has 0 aromatic heterocycles. The molecule has 2 aliphatic rings. The first kappa shape index (κ1) is 8.81. The first-order chi connectivity index (χ1) is 6.27. The average molecular weight is 183 g/mol. The van der Waals surface area contributed by atoms with E-state index in [1.165, 1.54) is 6.42 Å². The van der Waals surface area contributed by atoms with Gasteiger partial charge in [0.1, 0.15) is 0 Å². The van der Waals surface area contributed by atoms with Gasteiger partial charge in [0.05, 0.1) is 12.6 Å². The lowest BCUT2D eigenvalue weighted by molar-refractivity contribution is 0.0868. The zero-order valence-corrected chi connectivity index (χ0v) is 8.07. The zero-order chi connectivity index (χ0) is 9.26.